The molecule has 0 radical (unpaired) electrons. The molecule has 3 aromatic rings. The number of carbonyl (C=O) groups excluding carboxylic acids is 1. The number of aryl methyl sites for hydroxylation is 2. The van der Waals surface area contributed by atoms with Gasteiger partial charge in [0.05, 0.1) is 11.4 Å². The molecule has 0 spiro atoms. The number of fused-ring (bicyclic) bond motifs is 1. The number of thiazole rings is 1. The number of carbonyl (C=O) groups is 1. The van der Waals surface area contributed by atoms with Gasteiger partial charge in [0.2, 0.25) is 0 Å². The van der Waals surface area contributed by atoms with Crippen LogP contribution < -0.4 is 14.8 Å². The van der Waals surface area contributed by atoms with Crippen LogP contribution in [0.1, 0.15) is 21.8 Å². The Hall–Kier alpha value is -2.87. The second-order valence-electron chi connectivity index (χ2n) is 5.55. The molecule has 3 heterocycles. The van der Waals surface area contributed by atoms with Crippen LogP contribution in [0.2, 0.25) is 0 Å². The van der Waals surface area contributed by atoms with Gasteiger partial charge in [-0.3, -0.25) is 10.1 Å². The Labute approximate surface area is 147 Å². The zero-order valence-electron chi connectivity index (χ0n) is 13.7. The molecule has 2 aromatic heterocycles. The number of benzene rings is 1. The van der Waals surface area contributed by atoms with Crippen molar-refractivity contribution < 1.29 is 18.8 Å². The highest BCUT2D eigenvalue weighted by molar-refractivity contribution is 7.14. The van der Waals surface area contributed by atoms with Crippen molar-refractivity contribution in [2.45, 2.75) is 13.8 Å². The van der Waals surface area contributed by atoms with E-state index >= 15 is 0 Å². The van der Waals surface area contributed by atoms with Crippen molar-refractivity contribution in [3.63, 3.8) is 0 Å². The maximum atomic E-state index is 12.4. The summed E-state index contributed by atoms with van der Waals surface area (Å²) in [5.74, 6) is 1.65. The van der Waals surface area contributed by atoms with Crippen LogP contribution in [0.25, 0.3) is 11.3 Å². The Morgan fingerprint density at radius 2 is 2.00 bits per heavy atom. The summed E-state index contributed by atoms with van der Waals surface area (Å²) in [4.78, 5) is 16.9. The van der Waals surface area contributed by atoms with Crippen LogP contribution in [0, 0.1) is 13.8 Å². The minimum atomic E-state index is -0.278. The topological polar surface area (TPSA) is 86.5 Å². The molecule has 128 valence electrons. The van der Waals surface area contributed by atoms with Crippen molar-refractivity contribution in [3.8, 4) is 22.8 Å². The van der Waals surface area contributed by atoms with Crippen molar-refractivity contribution in [3.05, 3.63) is 40.6 Å². The summed E-state index contributed by atoms with van der Waals surface area (Å²) in [5.41, 5.74) is 2.66. The van der Waals surface area contributed by atoms with Crippen molar-refractivity contribution in [2.24, 2.45) is 0 Å². The van der Waals surface area contributed by atoms with Crippen molar-refractivity contribution in [1.29, 1.82) is 0 Å². The molecule has 1 aliphatic heterocycles. The quantitative estimate of drug-likeness (QED) is 0.773. The zero-order chi connectivity index (χ0) is 17.4. The number of ether oxygens (including phenoxy) is 2. The van der Waals surface area contributed by atoms with E-state index in [0.29, 0.717) is 41.1 Å². The van der Waals surface area contributed by atoms with Crippen LogP contribution in [0.4, 0.5) is 5.13 Å². The Bertz CT molecular complexity index is 928. The van der Waals surface area contributed by atoms with Gasteiger partial charge in [0.25, 0.3) is 5.91 Å². The average Bonchev–Trinajstić information content (AvgIpc) is 3.21. The van der Waals surface area contributed by atoms with Crippen LogP contribution in [0.5, 0.6) is 11.5 Å². The molecule has 1 amide bonds. The van der Waals surface area contributed by atoms with E-state index in [9.17, 15) is 4.79 Å². The lowest BCUT2D eigenvalue weighted by Crippen LogP contribution is -2.15. The zero-order valence-corrected chi connectivity index (χ0v) is 14.5. The molecule has 1 N–H and O–H groups in total. The number of nitrogens with one attached hydrogen (secondary N) is 1. The van der Waals surface area contributed by atoms with Crippen molar-refractivity contribution >= 4 is 22.4 Å². The van der Waals surface area contributed by atoms with Gasteiger partial charge in [-0.05, 0) is 32.0 Å². The largest absolute Gasteiger partial charge is 0.486 e. The highest BCUT2D eigenvalue weighted by Gasteiger charge is 2.19. The van der Waals surface area contributed by atoms with Gasteiger partial charge in [-0.1, -0.05) is 5.16 Å². The SMILES string of the molecule is Cc1noc(C)c1C(=O)Nc1nc(-c2ccc3c(c2)OCCO3)cs1. The Morgan fingerprint density at radius 1 is 1.20 bits per heavy atom. The fraction of sp³-hybridized carbons (Fsp3) is 0.235. The summed E-state index contributed by atoms with van der Waals surface area (Å²) in [7, 11) is 0. The maximum absolute atomic E-state index is 12.4. The van der Waals surface area contributed by atoms with Crippen LogP contribution >= 0.6 is 11.3 Å². The third-order valence-electron chi connectivity index (χ3n) is 3.82. The van der Waals surface area contributed by atoms with E-state index in [1.807, 2.05) is 23.6 Å². The fourth-order valence-electron chi connectivity index (χ4n) is 2.63. The van der Waals surface area contributed by atoms with Crippen LogP contribution in [-0.2, 0) is 0 Å². The molecule has 1 aliphatic rings. The molecule has 4 rings (SSSR count). The molecule has 25 heavy (non-hydrogen) atoms. The van der Waals surface area contributed by atoms with Crippen LogP contribution in [0.3, 0.4) is 0 Å². The summed E-state index contributed by atoms with van der Waals surface area (Å²) in [6.45, 7) is 4.53. The van der Waals surface area contributed by atoms with Crippen molar-refractivity contribution in [1.82, 2.24) is 10.1 Å². The fourth-order valence-corrected chi connectivity index (χ4v) is 3.35. The summed E-state index contributed by atoms with van der Waals surface area (Å²) >= 11 is 1.35. The predicted octanol–water partition coefficient (Wildman–Crippen LogP) is 3.44. The van der Waals surface area contributed by atoms with E-state index in [-0.39, 0.29) is 5.91 Å². The van der Waals surface area contributed by atoms with Crippen LogP contribution in [-0.4, -0.2) is 29.3 Å². The molecule has 8 heteroatoms. The molecule has 7 nitrogen and oxygen atoms in total. The molecule has 0 atom stereocenters. The van der Waals surface area contributed by atoms with Crippen LogP contribution in [0.15, 0.2) is 28.1 Å². The summed E-state index contributed by atoms with van der Waals surface area (Å²) in [5, 5.41) is 8.98. The Kier molecular flexibility index (Phi) is 3.89. The van der Waals surface area contributed by atoms with Gasteiger partial charge in [0.15, 0.2) is 16.6 Å². The summed E-state index contributed by atoms with van der Waals surface area (Å²) in [6.07, 6.45) is 0. The van der Waals surface area contributed by atoms with Crippen molar-refractivity contribution in [2.75, 3.05) is 18.5 Å². The van der Waals surface area contributed by atoms with E-state index < -0.39 is 0 Å². The van der Waals surface area contributed by atoms with E-state index in [0.717, 1.165) is 17.0 Å². The van der Waals surface area contributed by atoms with Gasteiger partial charge in [-0.2, -0.15) is 0 Å². The van der Waals surface area contributed by atoms with Gasteiger partial charge in [-0.25, -0.2) is 4.98 Å². The monoisotopic (exact) mass is 357 g/mol. The predicted molar refractivity (Wildman–Crippen MR) is 92.5 cm³/mol. The number of nitrogens with zero attached hydrogens (tertiary/aromatic N) is 2. The summed E-state index contributed by atoms with van der Waals surface area (Å²) < 4.78 is 16.1. The molecule has 0 aliphatic carbocycles. The lowest BCUT2D eigenvalue weighted by Gasteiger charge is -2.18. The lowest BCUT2D eigenvalue weighted by molar-refractivity contribution is 0.102. The van der Waals surface area contributed by atoms with Gasteiger partial charge in [0.1, 0.15) is 24.5 Å². The van der Waals surface area contributed by atoms with Gasteiger partial charge < -0.3 is 14.0 Å². The average molecular weight is 357 g/mol. The number of aromatic nitrogens is 2. The summed E-state index contributed by atoms with van der Waals surface area (Å²) in [6, 6.07) is 5.68. The normalized spacial score (nSPS) is 12.9. The molecule has 0 saturated carbocycles. The van der Waals surface area contributed by atoms with Gasteiger partial charge >= 0.3 is 0 Å². The minimum Gasteiger partial charge on any atom is -0.486 e. The molecular weight excluding hydrogens is 342 g/mol. The van der Waals surface area contributed by atoms with E-state index in [1.54, 1.807) is 13.8 Å². The first-order chi connectivity index (χ1) is 12.1. The van der Waals surface area contributed by atoms with Gasteiger partial charge in [0, 0.05) is 10.9 Å². The number of hydrogen-bond donors (Lipinski definition) is 1. The minimum absolute atomic E-state index is 0.278. The molecule has 1 aromatic carbocycles. The second kappa shape index (κ2) is 6.21. The highest BCUT2D eigenvalue weighted by Crippen LogP contribution is 2.35. The van der Waals surface area contributed by atoms with E-state index in [4.69, 9.17) is 14.0 Å². The molecule has 0 unspecified atom stereocenters. The lowest BCUT2D eigenvalue weighted by atomic mass is 10.1. The van der Waals surface area contributed by atoms with E-state index in [2.05, 4.69) is 15.5 Å². The Balaban J connectivity index is 1.55. The van der Waals surface area contributed by atoms with Gasteiger partial charge in [-0.15, -0.1) is 11.3 Å². The first-order valence-corrected chi connectivity index (χ1v) is 8.59. The van der Waals surface area contributed by atoms with E-state index in [1.165, 1.54) is 11.3 Å². The molecule has 0 bridgehead atoms. The Morgan fingerprint density at radius 3 is 2.76 bits per heavy atom. The molecule has 0 saturated heterocycles. The smallest absolute Gasteiger partial charge is 0.262 e. The molecule has 0 fully saturated rings. The second-order valence-corrected chi connectivity index (χ2v) is 6.41. The standard InChI is InChI=1S/C17H15N3O4S/c1-9-15(10(2)24-20-9)16(21)19-17-18-12(8-25-17)11-3-4-13-14(7-11)23-6-5-22-13/h3-4,7-8H,5-6H2,1-2H3,(H,18,19,21). The third kappa shape index (κ3) is 2.96. The third-order valence-corrected chi connectivity index (χ3v) is 4.58. The number of hydrogen-bond acceptors (Lipinski definition) is 7. The first-order valence-electron chi connectivity index (χ1n) is 7.71. The molecular formula is C17H15N3O4S. The number of amides is 1. The first kappa shape index (κ1) is 15.6. The number of anilines is 1. The highest BCUT2D eigenvalue weighted by atomic mass is 32.1. The maximum Gasteiger partial charge on any atom is 0.262 e. The number of rotatable bonds is 3.